The van der Waals surface area contributed by atoms with E-state index in [1.807, 2.05) is 36.7 Å². The van der Waals surface area contributed by atoms with E-state index in [1.165, 1.54) is 0 Å². The Balaban J connectivity index is 1.71. The van der Waals surface area contributed by atoms with Gasteiger partial charge >= 0.3 is 0 Å². The number of guanidine groups is 1. The molecule has 0 aliphatic carbocycles. The minimum atomic E-state index is 0.537. The summed E-state index contributed by atoms with van der Waals surface area (Å²) in [5, 5.41) is 6.52. The van der Waals surface area contributed by atoms with E-state index in [0.29, 0.717) is 25.6 Å². The monoisotopic (exact) mass is 359 g/mol. The number of nitrogens with zero attached hydrogens (tertiary/aromatic N) is 3. The quantitative estimate of drug-likeness (QED) is 0.408. The first-order valence-electron chi connectivity index (χ1n) is 8.83. The van der Waals surface area contributed by atoms with Crippen molar-refractivity contribution < 1.29 is 9.47 Å². The lowest BCUT2D eigenvalue weighted by atomic mass is 10.2. The van der Waals surface area contributed by atoms with E-state index in [-0.39, 0.29) is 0 Å². The Morgan fingerprint density at radius 3 is 2.58 bits per heavy atom. The van der Waals surface area contributed by atoms with Crippen molar-refractivity contribution in [3.63, 3.8) is 0 Å². The number of hydrogen-bond acceptors (Lipinski definition) is 4. The van der Waals surface area contributed by atoms with Gasteiger partial charge in [-0.1, -0.05) is 13.8 Å². The van der Waals surface area contributed by atoms with Gasteiger partial charge in [-0.3, -0.25) is 4.99 Å². The number of imidazole rings is 1. The van der Waals surface area contributed by atoms with Crippen LogP contribution in [0.4, 0.5) is 0 Å². The van der Waals surface area contributed by atoms with Gasteiger partial charge in [0, 0.05) is 26.0 Å². The van der Waals surface area contributed by atoms with Crippen LogP contribution in [0.3, 0.4) is 0 Å². The summed E-state index contributed by atoms with van der Waals surface area (Å²) in [5.74, 6) is 3.93. The lowest BCUT2D eigenvalue weighted by Gasteiger charge is -2.14. The van der Waals surface area contributed by atoms with Crippen LogP contribution in [-0.2, 0) is 13.1 Å². The topological polar surface area (TPSA) is 72.7 Å². The first-order chi connectivity index (χ1) is 12.6. The Morgan fingerprint density at radius 2 is 1.92 bits per heavy atom. The Hall–Kier alpha value is -2.70. The molecule has 0 spiro atoms. The molecule has 1 aromatic heterocycles. The fourth-order valence-corrected chi connectivity index (χ4v) is 2.46. The third-order valence-electron chi connectivity index (χ3n) is 3.72. The maximum Gasteiger partial charge on any atom is 0.191 e. The molecule has 7 heteroatoms. The molecule has 0 atom stereocenters. The van der Waals surface area contributed by atoms with Crippen molar-refractivity contribution in [2.24, 2.45) is 10.9 Å². The Morgan fingerprint density at radius 1 is 1.19 bits per heavy atom. The van der Waals surface area contributed by atoms with Crippen LogP contribution in [-0.4, -0.2) is 42.8 Å². The average molecular weight is 359 g/mol. The van der Waals surface area contributed by atoms with Gasteiger partial charge in [0.2, 0.25) is 0 Å². The first-order valence-corrected chi connectivity index (χ1v) is 8.83. The molecule has 0 radical (unpaired) electrons. The van der Waals surface area contributed by atoms with Crippen molar-refractivity contribution in [2.75, 3.05) is 27.3 Å². The Kier molecular flexibility index (Phi) is 7.79. The van der Waals surface area contributed by atoms with E-state index in [1.54, 1.807) is 14.2 Å². The molecule has 1 heterocycles. The summed E-state index contributed by atoms with van der Waals surface area (Å²) in [6, 6.07) is 7.53. The van der Waals surface area contributed by atoms with Crippen molar-refractivity contribution in [3.8, 4) is 11.5 Å². The van der Waals surface area contributed by atoms with Gasteiger partial charge in [0.25, 0.3) is 0 Å². The summed E-state index contributed by atoms with van der Waals surface area (Å²) in [4.78, 5) is 8.64. The molecule has 2 rings (SSSR count). The number of aliphatic imine (C=N–C) groups is 1. The van der Waals surface area contributed by atoms with Crippen molar-refractivity contribution in [2.45, 2.75) is 26.9 Å². The molecule has 2 aromatic rings. The van der Waals surface area contributed by atoms with Crippen LogP contribution in [0.25, 0.3) is 0 Å². The minimum absolute atomic E-state index is 0.537. The smallest absolute Gasteiger partial charge is 0.191 e. The van der Waals surface area contributed by atoms with Gasteiger partial charge in [0.1, 0.15) is 23.9 Å². The average Bonchev–Trinajstić information content (AvgIpc) is 3.08. The molecule has 0 saturated carbocycles. The summed E-state index contributed by atoms with van der Waals surface area (Å²) in [7, 11) is 3.40. The van der Waals surface area contributed by atoms with Gasteiger partial charge in [-0.2, -0.15) is 0 Å². The van der Waals surface area contributed by atoms with Crippen LogP contribution in [0.15, 0.2) is 41.7 Å². The third kappa shape index (κ3) is 6.31. The molecule has 0 aliphatic heterocycles. The predicted octanol–water partition coefficient (Wildman–Crippen LogP) is 2.29. The number of benzene rings is 1. The van der Waals surface area contributed by atoms with Gasteiger partial charge < -0.3 is 24.7 Å². The Labute approximate surface area is 155 Å². The fourth-order valence-electron chi connectivity index (χ4n) is 2.46. The van der Waals surface area contributed by atoms with Crippen molar-refractivity contribution in [3.05, 3.63) is 42.5 Å². The zero-order valence-electron chi connectivity index (χ0n) is 16.0. The fraction of sp³-hybridized carbons (Fsp3) is 0.474. The molecule has 0 aliphatic rings. The zero-order valence-corrected chi connectivity index (χ0v) is 16.0. The summed E-state index contributed by atoms with van der Waals surface area (Å²) >= 11 is 0. The minimum Gasteiger partial charge on any atom is -0.497 e. The number of hydrogen-bond donors (Lipinski definition) is 2. The van der Waals surface area contributed by atoms with E-state index in [2.05, 4.69) is 39.0 Å². The molecule has 26 heavy (non-hydrogen) atoms. The van der Waals surface area contributed by atoms with Crippen LogP contribution in [0.1, 0.15) is 19.7 Å². The number of methoxy groups -OCH3 is 1. The Bertz CT molecular complexity index is 679. The normalized spacial score (nSPS) is 11.5. The second kappa shape index (κ2) is 10.3. The van der Waals surface area contributed by atoms with Crippen molar-refractivity contribution >= 4 is 5.96 Å². The van der Waals surface area contributed by atoms with Crippen LogP contribution >= 0.6 is 0 Å². The summed E-state index contributed by atoms with van der Waals surface area (Å²) < 4.78 is 13.0. The largest absolute Gasteiger partial charge is 0.497 e. The summed E-state index contributed by atoms with van der Waals surface area (Å²) in [5.41, 5.74) is 0. The summed E-state index contributed by atoms with van der Waals surface area (Å²) in [6.45, 7) is 7.15. The standard InChI is InChI=1S/C19H29N5O2/c1-15(2)14-24-11-9-21-18(24)13-23-19(20-3)22-10-12-26-17-7-5-16(25-4)6-8-17/h5-9,11,15H,10,12-14H2,1-4H3,(H2,20,22,23). The molecule has 0 unspecified atom stereocenters. The van der Waals surface area contributed by atoms with Crippen LogP contribution in [0.2, 0.25) is 0 Å². The highest BCUT2D eigenvalue weighted by atomic mass is 16.5. The van der Waals surface area contributed by atoms with E-state index >= 15 is 0 Å². The third-order valence-corrected chi connectivity index (χ3v) is 3.72. The van der Waals surface area contributed by atoms with Gasteiger partial charge in [-0.05, 0) is 30.2 Å². The molecule has 0 bridgehead atoms. The zero-order chi connectivity index (χ0) is 18.8. The SMILES string of the molecule is CN=C(NCCOc1ccc(OC)cc1)NCc1nccn1CC(C)C. The molecular weight excluding hydrogens is 330 g/mol. The molecule has 0 fully saturated rings. The molecule has 1 aromatic carbocycles. The predicted molar refractivity (Wildman–Crippen MR) is 104 cm³/mol. The van der Waals surface area contributed by atoms with E-state index in [4.69, 9.17) is 9.47 Å². The van der Waals surface area contributed by atoms with Gasteiger partial charge in [0.05, 0.1) is 20.2 Å². The molecule has 2 N–H and O–H groups in total. The van der Waals surface area contributed by atoms with Crippen molar-refractivity contribution in [1.82, 2.24) is 20.2 Å². The van der Waals surface area contributed by atoms with Crippen LogP contribution in [0, 0.1) is 5.92 Å². The highest BCUT2D eigenvalue weighted by molar-refractivity contribution is 5.79. The second-order valence-electron chi connectivity index (χ2n) is 6.27. The maximum atomic E-state index is 5.70. The van der Waals surface area contributed by atoms with Gasteiger partial charge in [-0.25, -0.2) is 4.98 Å². The lowest BCUT2D eigenvalue weighted by molar-refractivity contribution is 0.321. The lowest BCUT2D eigenvalue weighted by Crippen LogP contribution is -2.39. The van der Waals surface area contributed by atoms with E-state index < -0.39 is 0 Å². The van der Waals surface area contributed by atoms with Crippen LogP contribution < -0.4 is 20.1 Å². The van der Waals surface area contributed by atoms with Crippen molar-refractivity contribution in [1.29, 1.82) is 0 Å². The molecular formula is C19H29N5O2. The highest BCUT2D eigenvalue weighted by Gasteiger charge is 2.06. The molecule has 0 saturated heterocycles. The molecule has 0 amide bonds. The molecule has 7 nitrogen and oxygen atoms in total. The first kappa shape index (κ1) is 19.6. The number of rotatable bonds is 9. The maximum absolute atomic E-state index is 5.70. The number of ether oxygens (including phenoxy) is 2. The summed E-state index contributed by atoms with van der Waals surface area (Å²) in [6.07, 6.45) is 3.84. The van der Waals surface area contributed by atoms with E-state index in [0.717, 1.165) is 29.8 Å². The van der Waals surface area contributed by atoms with Gasteiger partial charge in [-0.15, -0.1) is 0 Å². The van der Waals surface area contributed by atoms with Crippen LogP contribution in [0.5, 0.6) is 11.5 Å². The number of nitrogens with one attached hydrogen (secondary N) is 2. The second-order valence-corrected chi connectivity index (χ2v) is 6.27. The molecule has 142 valence electrons. The van der Waals surface area contributed by atoms with E-state index in [9.17, 15) is 0 Å². The van der Waals surface area contributed by atoms with Gasteiger partial charge in [0.15, 0.2) is 5.96 Å². The number of aromatic nitrogens is 2. The highest BCUT2D eigenvalue weighted by Crippen LogP contribution is 2.16.